The summed E-state index contributed by atoms with van der Waals surface area (Å²) in [5.41, 5.74) is 1.67. The van der Waals surface area contributed by atoms with Crippen molar-refractivity contribution in [2.24, 2.45) is 4.40 Å². The molecular weight excluding hydrogens is 410 g/mol. The van der Waals surface area contributed by atoms with E-state index in [1.54, 1.807) is 36.4 Å². The van der Waals surface area contributed by atoms with E-state index < -0.39 is 20.0 Å². The standard InChI is InChI=1S/C20H23N3O4S2/c1-15(2)16-7-9-17(10-8-16)29(26,27)23-13-11-22(12-14-23)20-18-5-3-4-6-19(18)28(24,25)21-20/h3-10,15H,11-14H2,1-2H3. The minimum atomic E-state index is -3.69. The van der Waals surface area contributed by atoms with Crippen LogP contribution in [0.25, 0.3) is 0 Å². The number of sulfonamides is 2. The van der Waals surface area contributed by atoms with Crippen molar-refractivity contribution < 1.29 is 16.8 Å². The number of piperazine rings is 1. The van der Waals surface area contributed by atoms with Gasteiger partial charge in [0.15, 0.2) is 5.84 Å². The molecule has 2 heterocycles. The number of hydrogen-bond donors (Lipinski definition) is 0. The lowest BCUT2D eigenvalue weighted by molar-refractivity contribution is 0.266. The third-order valence-corrected chi connectivity index (χ3v) is 8.57. The minimum Gasteiger partial charge on any atom is -0.353 e. The van der Waals surface area contributed by atoms with Crippen LogP contribution in [0.1, 0.15) is 30.9 Å². The predicted molar refractivity (Wildman–Crippen MR) is 111 cm³/mol. The van der Waals surface area contributed by atoms with Crippen molar-refractivity contribution in [3.63, 3.8) is 0 Å². The van der Waals surface area contributed by atoms with Gasteiger partial charge in [-0.25, -0.2) is 8.42 Å². The van der Waals surface area contributed by atoms with Crippen LogP contribution < -0.4 is 0 Å². The van der Waals surface area contributed by atoms with Crippen LogP contribution in [0.2, 0.25) is 0 Å². The SMILES string of the molecule is CC(C)c1ccc(S(=O)(=O)N2CCN(C3=NS(=O)(=O)c4ccccc43)CC2)cc1. The molecule has 1 fully saturated rings. The van der Waals surface area contributed by atoms with Gasteiger partial charge >= 0.3 is 0 Å². The fourth-order valence-electron chi connectivity index (χ4n) is 3.63. The summed E-state index contributed by atoms with van der Waals surface area (Å²) >= 11 is 0. The summed E-state index contributed by atoms with van der Waals surface area (Å²) in [6.07, 6.45) is 0. The highest BCUT2D eigenvalue weighted by Gasteiger charge is 2.35. The Kier molecular flexibility index (Phi) is 5.00. The van der Waals surface area contributed by atoms with Crippen molar-refractivity contribution in [2.75, 3.05) is 26.2 Å². The fourth-order valence-corrected chi connectivity index (χ4v) is 6.28. The van der Waals surface area contributed by atoms with E-state index in [1.807, 2.05) is 17.0 Å². The van der Waals surface area contributed by atoms with Crippen molar-refractivity contribution in [1.82, 2.24) is 9.21 Å². The van der Waals surface area contributed by atoms with E-state index >= 15 is 0 Å². The first-order chi connectivity index (χ1) is 13.7. The summed E-state index contributed by atoms with van der Waals surface area (Å²) in [6, 6.07) is 13.7. The van der Waals surface area contributed by atoms with E-state index in [-0.39, 0.29) is 22.9 Å². The molecule has 154 valence electrons. The average Bonchev–Trinajstić information content (AvgIpc) is 2.99. The Morgan fingerprint density at radius 3 is 2.17 bits per heavy atom. The van der Waals surface area contributed by atoms with E-state index in [0.717, 1.165) is 5.56 Å². The van der Waals surface area contributed by atoms with Gasteiger partial charge in [-0.1, -0.05) is 38.1 Å². The molecule has 0 unspecified atom stereocenters. The van der Waals surface area contributed by atoms with Gasteiger partial charge in [-0.05, 0) is 35.7 Å². The summed E-state index contributed by atoms with van der Waals surface area (Å²) < 4.78 is 55.9. The van der Waals surface area contributed by atoms with E-state index in [2.05, 4.69) is 18.2 Å². The molecule has 7 nitrogen and oxygen atoms in total. The molecule has 9 heteroatoms. The normalized spacial score (nSPS) is 19.3. The maximum Gasteiger partial charge on any atom is 0.285 e. The molecule has 2 aliphatic heterocycles. The number of hydrogen-bond acceptors (Lipinski definition) is 5. The van der Waals surface area contributed by atoms with Gasteiger partial charge in [0.1, 0.15) is 4.90 Å². The van der Waals surface area contributed by atoms with Crippen LogP contribution in [-0.4, -0.2) is 58.1 Å². The van der Waals surface area contributed by atoms with Crippen molar-refractivity contribution in [1.29, 1.82) is 0 Å². The van der Waals surface area contributed by atoms with Gasteiger partial charge in [0.2, 0.25) is 10.0 Å². The second-order valence-electron chi connectivity index (χ2n) is 7.50. The van der Waals surface area contributed by atoms with E-state index in [1.165, 1.54) is 4.31 Å². The van der Waals surface area contributed by atoms with Gasteiger partial charge < -0.3 is 4.90 Å². The first kappa shape index (κ1) is 20.1. The third-order valence-electron chi connectivity index (χ3n) is 5.34. The maximum absolute atomic E-state index is 13.0. The number of amidine groups is 1. The van der Waals surface area contributed by atoms with Gasteiger partial charge in [-0.3, -0.25) is 0 Å². The fraction of sp³-hybridized carbons (Fsp3) is 0.350. The summed E-state index contributed by atoms with van der Waals surface area (Å²) in [4.78, 5) is 2.33. The highest BCUT2D eigenvalue weighted by Crippen LogP contribution is 2.28. The molecule has 2 aliphatic rings. The topological polar surface area (TPSA) is 87.1 Å². The van der Waals surface area contributed by atoms with Crippen molar-refractivity contribution in [3.8, 4) is 0 Å². The van der Waals surface area contributed by atoms with Gasteiger partial charge in [0.05, 0.1) is 4.90 Å². The molecule has 0 radical (unpaired) electrons. The van der Waals surface area contributed by atoms with Crippen molar-refractivity contribution in [3.05, 3.63) is 59.7 Å². The number of fused-ring (bicyclic) bond motifs is 1. The number of benzene rings is 2. The molecule has 0 N–H and O–H groups in total. The average molecular weight is 434 g/mol. The second-order valence-corrected chi connectivity index (χ2v) is 11.0. The van der Waals surface area contributed by atoms with Crippen LogP contribution in [0.5, 0.6) is 0 Å². The molecule has 1 saturated heterocycles. The Bertz CT molecular complexity index is 1160. The molecular formula is C20H23N3O4S2. The summed E-state index contributed by atoms with van der Waals surface area (Å²) in [5, 5.41) is 0. The van der Waals surface area contributed by atoms with Crippen LogP contribution in [0.4, 0.5) is 0 Å². The van der Waals surface area contributed by atoms with Crippen LogP contribution in [0.15, 0.2) is 62.7 Å². The Labute approximate surface area is 171 Å². The summed E-state index contributed by atoms with van der Waals surface area (Å²) in [7, 11) is -7.27. The second kappa shape index (κ2) is 7.23. The zero-order valence-corrected chi connectivity index (χ0v) is 17.9. The van der Waals surface area contributed by atoms with Gasteiger partial charge in [-0.15, -0.1) is 4.40 Å². The molecule has 0 atom stereocenters. The van der Waals surface area contributed by atoms with E-state index in [4.69, 9.17) is 0 Å². The molecule has 4 rings (SSSR count). The minimum absolute atomic E-state index is 0.204. The van der Waals surface area contributed by atoms with Crippen molar-refractivity contribution in [2.45, 2.75) is 29.6 Å². The van der Waals surface area contributed by atoms with Crippen LogP contribution in [0, 0.1) is 0 Å². The largest absolute Gasteiger partial charge is 0.353 e. The number of nitrogens with zero attached hydrogens (tertiary/aromatic N) is 3. The summed E-state index contributed by atoms with van der Waals surface area (Å²) in [5.74, 6) is 0.737. The Morgan fingerprint density at radius 2 is 1.55 bits per heavy atom. The van der Waals surface area contributed by atoms with E-state index in [0.29, 0.717) is 30.4 Å². The molecule has 2 aromatic carbocycles. The molecule has 0 saturated carbocycles. The molecule has 0 aliphatic carbocycles. The van der Waals surface area contributed by atoms with Gasteiger partial charge in [0, 0.05) is 31.7 Å². The zero-order chi connectivity index (χ0) is 20.8. The van der Waals surface area contributed by atoms with Crippen molar-refractivity contribution >= 4 is 25.9 Å². The lowest BCUT2D eigenvalue weighted by Gasteiger charge is -2.35. The molecule has 0 spiro atoms. The smallest absolute Gasteiger partial charge is 0.285 e. The Balaban J connectivity index is 1.51. The Hall–Kier alpha value is -2.23. The Morgan fingerprint density at radius 1 is 0.931 bits per heavy atom. The molecule has 2 aromatic rings. The lowest BCUT2D eigenvalue weighted by atomic mass is 10.0. The molecule has 0 aromatic heterocycles. The van der Waals surface area contributed by atoms with Crippen LogP contribution >= 0.6 is 0 Å². The molecule has 29 heavy (non-hydrogen) atoms. The highest BCUT2D eigenvalue weighted by molar-refractivity contribution is 7.90. The molecule has 0 amide bonds. The monoisotopic (exact) mass is 433 g/mol. The van der Waals surface area contributed by atoms with Crippen LogP contribution in [-0.2, 0) is 20.0 Å². The quantitative estimate of drug-likeness (QED) is 0.741. The van der Waals surface area contributed by atoms with Gasteiger partial charge in [-0.2, -0.15) is 12.7 Å². The van der Waals surface area contributed by atoms with Crippen LogP contribution in [0.3, 0.4) is 0 Å². The zero-order valence-electron chi connectivity index (χ0n) is 16.3. The predicted octanol–water partition coefficient (Wildman–Crippen LogP) is 2.27. The lowest BCUT2D eigenvalue weighted by Crippen LogP contribution is -2.50. The highest BCUT2D eigenvalue weighted by atomic mass is 32.2. The van der Waals surface area contributed by atoms with E-state index in [9.17, 15) is 16.8 Å². The first-order valence-electron chi connectivity index (χ1n) is 9.49. The third kappa shape index (κ3) is 3.58. The van der Waals surface area contributed by atoms with Gasteiger partial charge in [0.25, 0.3) is 10.0 Å². The first-order valence-corrected chi connectivity index (χ1v) is 12.4. The number of rotatable bonds is 3. The maximum atomic E-state index is 13.0. The molecule has 0 bridgehead atoms. The summed E-state index contributed by atoms with van der Waals surface area (Å²) in [6.45, 7) is 5.43.